The van der Waals surface area contributed by atoms with Crippen molar-refractivity contribution in [2.24, 2.45) is 0 Å². The number of methoxy groups -OCH3 is 1. The van der Waals surface area contributed by atoms with Crippen molar-refractivity contribution >= 4 is 17.6 Å². The van der Waals surface area contributed by atoms with Crippen molar-refractivity contribution in [2.75, 3.05) is 12.4 Å². The summed E-state index contributed by atoms with van der Waals surface area (Å²) in [4.78, 5) is 23.7. The molecule has 0 aromatic heterocycles. The van der Waals surface area contributed by atoms with Crippen LogP contribution in [0.25, 0.3) is 0 Å². The average molecular weight is 323 g/mol. The minimum atomic E-state index is -4.54. The fourth-order valence-corrected chi connectivity index (χ4v) is 1.91. The lowest BCUT2D eigenvalue weighted by Crippen LogP contribution is -2.16. The van der Waals surface area contributed by atoms with Crippen LogP contribution < -0.4 is 5.32 Å². The zero-order valence-corrected chi connectivity index (χ0v) is 12.0. The van der Waals surface area contributed by atoms with Gasteiger partial charge in [-0.25, -0.2) is 4.79 Å². The Bertz CT molecular complexity index is 741. The number of alkyl halides is 3. The molecule has 0 saturated heterocycles. The Hall–Kier alpha value is -2.83. The van der Waals surface area contributed by atoms with Crippen molar-refractivity contribution in [1.29, 1.82) is 0 Å². The maximum atomic E-state index is 12.7. The SMILES string of the molecule is COC(=O)c1ccccc1NC(=O)c1cccc(C(F)(F)F)c1. The molecule has 0 fully saturated rings. The summed E-state index contributed by atoms with van der Waals surface area (Å²) in [7, 11) is 1.19. The van der Waals surface area contributed by atoms with Gasteiger partial charge in [0.1, 0.15) is 0 Å². The lowest BCUT2D eigenvalue weighted by atomic mass is 10.1. The van der Waals surface area contributed by atoms with Crippen LogP contribution in [0, 0.1) is 0 Å². The number of nitrogens with one attached hydrogen (secondary N) is 1. The van der Waals surface area contributed by atoms with Crippen LogP contribution in [0.5, 0.6) is 0 Å². The molecule has 0 saturated carbocycles. The van der Waals surface area contributed by atoms with E-state index in [2.05, 4.69) is 10.1 Å². The molecule has 7 heteroatoms. The highest BCUT2D eigenvalue weighted by molar-refractivity contribution is 6.08. The number of halogens is 3. The van der Waals surface area contributed by atoms with Gasteiger partial charge >= 0.3 is 12.1 Å². The monoisotopic (exact) mass is 323 g/mol. The van der Waals surface area contributed by atoms with Gasteiger partial charge in [0, 0.05) is 5.56 Å². The van der Waals surface area contributed by atoms with Crippen LogP contribution in [-0.2, 0) is 10.9 Å². The Morgan fingerprint density at radius 2 is 1.74 bits per heavy atom. The summed E-state index contributed by atoms with van der Waals surface area (Å²) in [6.07, 6.45) is -4.54. The molecule has 2 rings (SSSR count). The lowest BCUT2D eigenvalue weighted by Gasteiger charge is -2.11. The summed E-state index contributed by atoms with van der Waals surface area (Å²) < 4.78 is 42.6. The number of anilines is 1. The second-order valence-corrected chi connectivity index (χ2v) is 4.57. The third-order valence-corrected chi connectivity index (χ3v) is 3.03. The van der Waals surface area contributed by atoms with Crippen LogP contribution in [-0.4, -0.2) is 19.0 Å². The van der Waals surface area contributed by atoms with E-state index in [0.717, 1.165) is 18.2 Å². The second kappa shape index (κ2) is 6.51. The molecule has 0 aliphatic carbocycles. The summed E-state index contributed by atoms with van der Waals surface area (Å²) in [6.45, 7) is 0. The first-order chi connectivity index (χ1) is 10.8. The van der Waals surface area contributed by atoms with Crippen molar-refractivity contribution in [1.82, 2.24) is 0 Å². The standard InChI is InChI=1S/C16H12F3NO3/c1-23-15(22)12-7-2-3-8-13(12)20-14(21)10-5-4-6-11(9-10)16(17,18)19/h2-9H,1H3,(H,20,21). The Morgan fingerprint density at radius 1 is 1.04 bits per heavy atom. The average Bonchev–Trinajstić information content (AvgIpc) is 2.54. The van der Waals surface area contributed by atoms with E-state index in [-0.39, 0.29) is 16.8 Å². The van der Waals surface area contributed by atoms with Gasteiger partial charge in [-0.15, -0.1) is 0 Å². The molecule has 0 spiro atoms. The normalized spacial score (nSPS) is 11.0. The summed E-state index contributed by atoms with van der Waals surface area (Å²) in [6, 6.07) is 10.1. The molecular weight excluding hydrogens is 311 g/mol. The van der Waals surface area contributed by atoms with E-state index in [4.69, 9.17) is 0 Å². The molecule has 120 valence electrons. The predicted octanol–water partition coefficient (Wildman–Crippen LogP) is 3.74. The van der Waals surface area contributed by atoms with E-state index in [9.17, 15) is 22.8 Å². The maximum Gasteiger partial charge on any atom is 0.416 e. The molecule has 0 unspecified atom stereocenters. The van der Waals surface area contributed by atoms with Gasteiger partial charge in [0.2, 0.25) is 0 Å². The molecule has 1 N–H and O–H groups in total. The first kappa shape index (κ1) is 16.5. The number of benzene rings is 2. The highest BCUT2D eigenvalue weighted by atomic mass is 19.4. The zero-order valence-electron chi connectivity index (χ0n) is 12.0. The van der Waals surface area contributed by atoms with Gasteiger partial charge < -0.3 is 10.1 Å². The van der Waals surface area contributed by atoms with Gasteiger partial charge in [0.15, 0.2) is 0 Å². The fourth-order valence-electron chi connectivity index (χ4n) is 1.91. The number of para-hydroxylation sites is 1. The first-order valence-corrected chi connectivity index (χ1v) is 6.49. The van der Waals surface area contributed by atoms with E-state index < -0.39 is 23.6 Å². The Labute approximate surface area is 129 Å². The lowest BCUT2D eigenvalue weighted by molar-refractivity contribution is -0.137. The van der Waals surface area contributed by atoms with Gasteiger partial charge in [-0.2, -0.15) is 13.2 Å². The molecule has 4 nitrogen and oxygen atoms in total. The minimum Gasteiger partial charge on any atom is -0.465 e. The number of esters is 1. The van der Waals surface area contributed by atoms with Crippen LogP contribution in [0.3, 0.4) is 0 Å². The van der Waals surface area contributed by atoms with Crippen LogP contribution in [0.1, 0.15) is 26.3 Å². The number of hydrogen-bond acceptors (Lipinski definition) is 3. The second-order valence-electron chi connectivity index (χ2n) is 4.57. The summed E-state index contributed by atoms with van der Waals surface area (Å²) >= 11 is 0. The van der Waals surface area contributed by atoms with Crippen LogP contribution in [0.2, 0.25) is 0 Å². The molecule has 0 radical (unpaired) electrons. The molecule has 23 heavy (non-hydrogen) atoms. The first-order valence-electron chi connectivity index (χ1n) is 6.49. The van der Waals surface area contributed by atoms with E-state index in [1.165, 1.54) is 25.3 Å². The van der Waals surface area contributed by atoms with E-state index in [1.807, 2.05) is 0 Å². The van der Waals surface area contributed by atoms with Crippen LogP contribution in [0.4, 0.5) is 18.9 Å². The van der Waals surface area contributed by atoms with Gasteiger partial charge in [-0.3, -0.25) is 4.79 Å². The molecule has 0 bridgehead atoms. The number of ether oxygens (including phenoxy) is 1. The van der Waals surface area contributed by atoms with Crippen molar-refractivity contribution in [3.8, 4) is 0 Å². The topological polar surface area (TPSA) is 55.4 Å². The predicted molar refractivity (Wildman–Crippen MR) is 77.2 cm³/mol. The fraction of sp³-hybridized carbons (Fsp3) is 0.125. The highest BCUT2D eigenvalue weighted by Gasteiger charge is 2.31. The minimum absolute atomic E-state index is 0.107. The smallest absolute Gasteiger partial charge is 0.416 e. The molecule has 0 heterocycles. The molecular formula is C16H12F3NO3. The van der Waals surface area contributed by atoms with Gasteiger partial charge in [0.25, 0.3) is 5.91 Å². The van der Waals surface area contributed by atoms with Crippen molar-refractivity contribution in [3.05, 3.63) is 65.2 Å². The molecule has 1 amide bonds. The molecule has 0 aliphatic rings. The summed E-state index contributed by atoms with van der Waals surface area (Å²) in [5.41, 5.74) is -0.831. The van der Waals surface area contributed by atoms with E-state index >= 15 is 0 Å². The number of carbonyl (C=O) groups excluding carboxylic acids is 2. The molecule has 2 aromatic rings. The van der Waals surface area contributed by atoms with Crippen molar-refractivity contribution in [3.63, 3.8) is 0 Å². The van der Waals surface area contributed by atoms with Gasteiger partial charge in [-0.05, 0) is 30.3 Å². The third kappa shape index (κ3) is 3.88. The van der Waals surface area contributed by atoms with Crippen LogP contribution in [0.15, 0.2) is 48.5 Å². The van der Waals surface area contributed by atoms with Gasteiger partial charge in [-0.1, -0.05) is 18.2 Å². The Morgan fingerprint density at radius 3 is 2.39 bits per heavy atom. The largest absolute Gasteiger partial charge is 0.465 e. The Kier molecular flexibility index (Phi) is 4.68. The van der Waals surface area contributed by atoms with E-state index in [1.54, 1.807) is 12.1 Å². The highest BCUT2D eigenvalue weighted by Crippen LogP contribution is 2.29. The number of carbonyl (C=O) groups is 2. The van der Waals surface area contributed by atoms with Crippen molar-refractivity contribution in [2.45, 2.75) is 6.18 Å². The molecule has 0 aliphatic heterocycles. The molecule has 0 atom stereocenters. The van der Waals surface area contributed by atoms with Crippen molar-refractivity contribution < 1.29 is 27.5 Å². The number of rotatable bonds is 3. The molecule has 2 aromatic carbocycles. The quantitative estimate of drug-likeness (QED) is 0.875. The summed E-state index contributed by atoms with van der Waals surface area (Å²) in [5.74, 6) is -1.42. The summed E-state index contributed by atoms with van der Waals surface area (Å²) in [5, 5.41) is 2.41. The maximum absolute atomic E-state index is 12.7. The van der Waals surface area contributed by atoms with E-state index in [0.29, 0.717) is 0 Å². The number of hydrogen-bond donors (Lipinski definition) is 1. The van der Waals surface area contributed by atoms with Gasteiger partial charge in [0.05, 0.1) is 23.9 Å². The third-order valence-electron chi connectivity index (χ3n) is 3.03. The number of amides is 1. The van der Waals surface area contributed by atoms with Crippen LogP contribution >= 0.6 is 0 Å². The Balaban J connectivity index is 2.29. The zero-order chi connectivity index (χ0) is 17.0.